The lowest BCUT2D eigenvalue weighted by molar-refractivity contribution is -0.114. The van der Waals surface area contributed by atoms with E-state index in [-0.39, 0.29) is 5.41 Å². The van der Waals surface area contributed by atoms with Crippen molar-refractivity contribution in [2.75, 3.05) is 0 Å². The summed E-state index contributed by atoms with van der Waals surface area (Å²) >= 11 is 0. The van der Waals surface area contributed by atoms with Gasteiger partial charge in [-0.05, 0) is 19.8 Å². The molecule has 0 aliphatic rings. The molecular weight excluding hydrogens is 200 g/mol. The van der Waals surface area contributed by atoms with E-state index in [1.807, 2.05) is 48.5 Å². The number of carbonyl (C=O) groups excluding carboxylic acids is 2. The van der Waals surface area contributed by atoms with Crippen molar-refractivity contribution in [1.82, 2.24) is 0 Å². The van der Waals surface area contributed by atoms with Crippen molar-refractivity contribution in [1.29, 1.82) is 0 Å². The molecule has 2 nitrogen and oxygen atoms in total. The van der Waals surface area contributed by atoms with Crippen LogP contribution in [0.3, 0.4) is 0 Å². The lowest BCUT2D eigenvalue weighted by atomic mass is 10.0. The minimum absolute atomic E-state index is 0.139. The summed E-state index contributed by atoms with van der Waals surface area (Å²) in [5, 5.41) is 0. The third kappa shape index (κ3) is 74.0. The minimum Gasteiger partial charge on any atom is -0.303 e. The van der Waals surface area contributed by atoms with E-state index in [9.17, 15) is 9.59 Å². The van der Waals surface area contributed by atoms with E-state index >= 15 is 0 Å². The molecule has 0 aromatic heterocycles. The van der Waals surface area contributed by atoms with Crippen LogP contribution in [0.2, 0.25) is 0 Å². The molecule has 0 amide bonds. The molecule has 0 aromatic carbocycles. The fourth-order valence-electron chi connectivity index (χ4n) is 0.192. The molecule has 0 aromatic rings. The maximum atomic E-state index is 9.83. The molecule has 0 radical (unpaired) electrons. The molecule has 0 rings (SSSR count). The zero-order chi connectivity index (χ0) is 13.8. The van der Waals surface area contributed by atoms with Gasteiger partial charge in [0.25, 0.3) is 0 Å². The SMILES string of the molecule is C=C(C)C.CC(C)(C)C=O.CC(C)CC=O. The van der Waals surface area contributed by atoms with Crippen LogP contribution < -0.4 is 0 Å². The summed E-state index contributed by atoms with van der Waals surface area (Å²) < 4.78 is 0. The van der Waals surface area contributed by atoms with Gasteiger partial charge in [0.15, 0.2) is 0 Å². The first-order valence-electron chi connectivity index (χ1n) is 5.58. The topological polar surface area (TPSA) is 34.1 Å². The van der Waals surface area contributed by atoms with Crippen molar-refractivity contribution in [3.8, 4) is 0 Å². The maximum absolute atomic E-state index is 9.83. The Labute approximate surface area is 101 Å². The normalized spacial score (nSPS) is 9.25. The first kappa shape index (κ1) is 20.5. The van der Waals surface area contributed by atoms with Crippen LogP contribution in [0.15, 0.2) is 12.2 Å². The van der Waals surface area contributed by atoms with Gasteiger partial charge in [0.1, 0.15) is 12.6 Å². The highest BCUT2D eigenvalue weighted by atomic mass is 16.1. The van der Waals surface area contributed by atoms with Crippen LogP contribution in [0.4, 0.5) is 0 Å². The molecule has 0 bridgehead atoms. The number of carbonyl (C=O) groups is 2. The Hall–Kier alpha value is -0.920. The van der Waals surface area contributed by atoms with Crippen molar-refractivity contribution >= 4 is 12.6 Å². The van der Waals surface area contributed by atoms with Gasteiger partial charge in [-0.2, -0.15) is 0 Å². The zero-order valence-corrected chi connectivity index (χ0v) is 12.0. The van der Waals surface area contributed by atoms with E-state index in [2.05, 4.69) is 6.58 Å². The third-order valence-corrected chi connectivity index (χ3v) is 0.921. The summed E-state index contributed by atoms with van der Waals surface area (Å²) in [6.07, 6.45) is 2.58. The van der Waals surface area contributed by atoms with Gasteiger partial charge < -0.3 is 9.59 Å². The van der Waals surface area contributed by atoms with Gasteiger partial charge in [0.05, 0.1) is 0 Å². The lowest BCUT2D eigenvalue weighted by Gasteiger charge is -2.03. The summed E-state index contributed by atoms with van der Waals surface area (Å²) in [4.78, 5) is 19.4. The molecule has 0 aliphatic carbocycles. The first-order chi connectivity index (χ1) is 7.06. The highest BCUT2D eigenvalue weighted by Crippen LogP contribution is 2.05. The van der Waals surface area contributed by atoms with E-state index in [0.717, 1.165) is 12.6 Å². The van der Waals surface area contributed by atoms with Crippen molar-refractivity contribution in [2.24, 2.45) is 11.3 Å². The molecule has 0 saturated heterocycles. The van der Waals surface area contributed by atoms with Gasteiger partial charge in [-0.3, -0.25) is 0 Å². The predicted octanol–water partition coefficient (Wildman–Crippen LogP) is 4.05. The van der Waals surface area contributed by atoms with Crippen molar-refractivity contribution in [3.63, 3.8) is 0 Å². The van der Waals surface area contributed by atoms with Crippen LogP contribution in [-0.4, -0.2) is 12.6 Å². The quantitative estimate of drug-likeness (QED) is 0.528. The molecule has 2 heteroatoms. The third-order valence-electron chi connectivity index (χ3n) is 0.921. The zero-order valence-electron chi connectivity index (χ0n) is 12.0. The molecule has 96 valence electrons. The molecule has 0 aliphatic heterocycles. The van der Waals surface area contributed by atoms with Crippen molar-refractivity contribution in [3.05, 3.63) is 12.2 Å². The van der Waals surface area contributed by atoms with Crippen LogP contribution in [0.5, 0.6) is 0 Å². The van der Waals surface area contributed by atoms with Gasteiger partial charge in [-0.25, -0.2) is 0 Å². The Morgan fingerprint density at radius 1 is 1.19 bits per heavy atom. The van der Waals surface area contributed by atoms with E-state index < -0.39 is 0 Å². The molecule has 0 N–H and O–H groups in total. The van der Waals surface area contributed by atoms with Crippen LogP contribution in [-0.2, 0) is 9.59 Å². The van der Waals surface area contributed by atoms with Gasteiger partial charge >= 0.3 is 0 Å². The molecule has 16 heavy (non-hydrogen) atoms. The minimum atomic E-state index is -0.139. The largest absolute Gasteiger partial charge is 0.303 e. The summed E-state index contributed by atoms with van der Waals surface area (Å²) in [6, 6.07) is 0. The van der Waals surface area contributed by atoms with Crippen LogP contribution in [0.25, 0.3) is 0 Å². The van der Waals surface area contributed by atoms with Gasteiger partial charge in [-0.1, -0.05) is 40.2 Å². The Balaban J connectivity index is -0.000000162. The monoisotopic (exact) mass is 228 g/mol. The summed E-state index contributed by atoms with van der Waals surface area (Å²) in [6.45, 7) is 17.2. The fraction of sp³-hybridized carbons (Fsp3) is 0.714. The van der Waals surface area contributed by atoms with Crippen LogP contribution in [0, 0.1) is 11.3 Å². The summed E-state index contributed by atoms with van der Waals surface area (Å²) in [5.41, 5.74) is 1.03. The van der Waals surface area contributed by atoms with Crippen LogP contribution in [0.1, 0.15) is 54.9 Å². The fourth-order valence-corrected chi connectivity index (χ4v) is 0.192. The second-order valence-corrected chi connectivity index (χ2v) is 5.49. The second kappa shape index (κ2) is 12.2. The predicted molar refractivity (Wildman–Crippen MR) is 71.5 cm³/mol. The van der Waals surface area contributed by atoms with E-state index in [0.29, 0.717) is 12.3 Å². The van der Waals surface area contributed by atoms with Gasteiger partial charge in [-0.15, -0.1) is 6.58 Å². The number of allylic oxidation sites excluding steroid dienone is 1. The average molecular weight is 228 g/mol. The maximum Gasteiger partial charge on any atom is 0.125 e. The van der Waals surface area contributed by atoms with Crippen LogP contribution >= 0.6 is 0 Å². The van der Waals surface area contributed by atoms with Gasteiger partial charge in [0, 0.05) is 11.8 Å². The van der Waals surface area contributed by atoms with E-state index in [1.54, 1.807) is 0 Å². The molecule has 0 saturated carbocycles. The smallest absolute Gasteiger partial charge is 0.125 e. The lowest BCUT2D eigenvalue weighted by Crippen LogP contribution is -2.04. The van der Waals surface area contributed by atoms with Crippen molar-refractivity contribution < 1.29 is 9.59 Å². The number of rotatable bonds is 2. The highest BCUT2D eigenvalue weighted by molar-refractivity contribution is 5.56. The Morgan fingerprint density at radius 2 is 1.44 bits per heavy atom. The Morgan fingerprint density at radius 3 is 1.44 bits per heavy atom. The molecule has 0 spiro atoms. The molecule has 0 atom stereocenters. The number of aldehydes is 2. The number of hydrogen-bond acceptors (Lipinski definition) is 2. The highest BCUT2D eigenvalue weighted by Gasteiger charge is 2.04. The second-order valence-electron chi connectivity index (χ2n) is 5.49. The molecule has 0 heterocycles. The summed E-state index contributed by atoms with van der Waals surface area (Å²) in [5.74, 6) is 0.530. The molecular formula is C14H28O2. The van der Waals surface area contributed by atoms with E-state index in [4.69, 9.17) is 0 Å². The van der Waals surface area contributed by atoms with Gasteiger partial charge in [0.2, 0.25) is 0 Å². The molecule has 0 unspecified atom stereocenters. The van der Waals surface area contributed by atoms with Crippen molar-refractivity contribution in [2.45, 2.75) is 54.9 Å². The Bertz CT molecular complexity index is 181. The molecule has 0 fully saturated rings. The van der Waals surface area contributed by atoms with E-state index in [1.165, 1.54) is 5.57 Å². The Kier molecular flexibility index (Phi) is 15.6. The average Bonchev–Trinajstić information content (AvgIpc) is 2.02. The first-order valence-corrected chi connectivity index (χ1v) is 5.58. The standard InChI is InChI=1S/2C5H10O.C4H8/c1-5(2,3)4-6;1-5(2)3-4-6;1-4(2)3/h4H,1-3H3;4-5H,3H2,1-2H3;1H2,2-3H3. The summed E-state index contributed by atoms with van der Waals surface area (Å²) in [7, 11) is 0. The number of hydrogen-bond donors (Lipinski definition) is 0.